The quantitative estimate of drug-likeness (QED) is 0.512. The summed E-state index contributed by atoms with van der Waals surface area (Å²) in [5.74, 6) is -0.319. The standard InChI is InChI=1S/C25H23Cl2N3O3/c1-14-5-3-6-20(27)22(14)25(32)30(2)24-18(21-7-4-10-33-21)12-16(13-29-24)17-11-15(23(28)31)8-9-19(17)26/h3,5-6,8-9,11-13,21H,4,7,10H2,1-2H3,(H2,28,31). The molecule has 6 nitrogen and oxygen atoms in total. The molecule has 2 amide bonds. The second-order valence-electron chi connectivity index (χ2n) is 7.99. The van der Waals surface area contributed by atoms with Crippen molar-refractivity contribution in [2.75, 3.05) is 18.6 Å². The number of hydrogen-bond donors (Lipinski definition) is 1. The van der Waals surface area contributed by atoms with Crippen LogP contribution in [0.15, 0.2) is 48.7 Å². The highest BCUT2D eigenvalue weighted by Gasteiger charge is 2.28. The Hall–Kier alpha value is -2.93. The minimum atomic E-state index is -0.544. The van der Waals surface area contributed by atoms with Gasteiger partial charge in [-0.3, -0.25) is 14.5 Å². The van der Waals surface area contributed by atoms with Gasteiger partial charge in [0.25, 0.3) is 5.91 Å². The van der Waals surface area contributed by atoms with Gasteiger partial charge < -0.3 is 10.5 Å². The molecular formula is C25H23Cl2N3O3. The maximum Gasteiger partial charge on any atom is 0.260 e. The molecule has 8 heteroatoms. The molecule has 1 aromatic heterocycles. The summed E-state index contributed by atoms with van der Waals surface area (Å²) in [6, 6.07) is 12.1. The number of carbonyl (C=O) groups is 2. The Morgan fingerprint density at radius 2 is 1.94 bits per heavy atom. The van der Waals surface area contributed by atoms with E-state index in [-0.39, 0.29) is 12.0 Å². The summed E-state index contributed by atoms with van der Waals surface area (Å²) >= 11 is 12.8. The van der Waals surface area contributed by atoms with Crippen LogP contribution in [0.1, 0.15) is 50.8 Å². The lowest BCUT2D eigenvalue weighted by Crippen LogP contribution is -2.29. The van der Waals surface area contributed by atoms with Gasteiger partial charge in [-0.05, 0) is 55.7 Å². The van der Waals surface area contributed by atoms with Gasteiger partial charge in [-0.1, -0.05) is 35.3 Å². The minimum Gasteiger partial charge on any atom is -0.373 e. The number of nitrogens with two attached hydrogens (primary N) is 1. The second-order valence-corrected chi connectivity index (χ2v) is 8.81. The highest BCUT2D eigenvalue weighted by molar-refractivity contribution is 6.35. The first-order valence-corrected chi connectivity index (χ1v) is 11.3. The first kappa shape index (κ1) is 23.2. The first-order chi connectivity index (χ1) is 15.8. The predicted molar refractivity (Wildman–Crippen MR) is 130 cm³/mol. The van der Waals surface area contributed by atoms with Crippen molar-refractivity contribution in [2.45, 2.75) is 25.9 Å². The van der Waals surface area contributed by atoms with Gasteiger partial charge in [0.1, 0.15) is 5.82 Å². The fourth-order valence-electron chi connectivity index (χ4n) is 4.03. The maximum absolute atomic E-state index is 13.4. The monoisotopic (exact) mass is 483 g/mol. The van der Waals surface area contributed by atoms with Crippen LogP contribution in [0.2, 0.25) is 10.0 Å². The Labute approximate surface area is 202 Å². The Bertz CT molecular complexity index is 1220. The number of carbonyl (C=O) groups excluding carboxylic acids is 2. The molecule has 1 aliphatic heterocycles. The topological polar surface area (TPSA) is 85.5 Å². The highest BCUT2D eigenvalue weighted by Crippen LogP contribution is 2.38. The number of primary amides is 1. The van der Waals surface area contributed by atoms with Crippen molar-refractivity contribution in [3.05, 3.63) is 81.0 Å². The number of nitrogens with zero attached hydrogens (tertiary/aromatic N) is 2. The van der Waals surface area contributed by atoms with Gasteiger partial charge in [-0.2, -0.15) is 0 Å². The second kappa shape index (κ2) is 9.51. The van der Waals surface area contributed by atoms with Gasteiger partial charge in [-0.25, -0.2) is 4.98 Å². The molecular weight excluding hydrogens is 461 g/mol. The van der Waals surface area contributed by atoms with Crippen LogP contribution in [0, 0.1) is 6.92 Å². The fourth-order valence-corrected chi connectivity index (χ4v) is 4.56. The van der Waals surface area contributed by atoms with E-state index < -0.39 is 5.91 Å². The van der Waals surface area contributed by atoms with Crippen molar-refractivity contribution in [3.63, 3.8) is 0 Å². The van der Waals surface area contributed by atoms with Crippen LogP contribution in [0.4, 0.5) is 5.82 Å². The van der Waals surface area contributed by atoms with Gasteiger partial charge >= 0.3 is 0 Å². The Morgan fingerprint density at radius 3 is 2.61 bits per heavy atom. The van der Waals surface area contributed by atoms with Crippen LogP contribution in [-0.4, -0.2) is 30.5 Å². The third kappa shape index (κ3) is 4.60. The fraction of sp³-hybridized carbons (Fsp3) is 0.240. The van der Waals surface area contributed by atoms with E-state index in [1.54, 1.807) is 37.5 Å². The van der Waals surface area contributed by atoms with Crippen molar-refractivity contribution in [1.29, 1.82) is 0 Å². The zero-order chi connectivity index (χ0) is 23.7. The van der Waals surface area contributed by atoms with E-state index in [0.29, 0.717) is 44.7 Å². The zero-order valence-electron chi connectivity index (χ0n) is 18.3. The molecule has 33 heavy (non-hydrogen) atoms. The number of benzene rings is 2. The largest absolute Gasteiger partial charge is 0.373 e. The molecule has 3 aromatic rings. The molecule has 1 aliphatic rings. The number of aromatic nitrogens is 1. The zero-order valence-corrected chi connectivity index (χ0v) is 19.8. The Balaban J connectivity index is 1.81. The average Bonchev–Trinajstić information content (AvgIpc) is 3.33. The van der Waals surface area contributed by atoms with Crippen LogP contribution in [-0.2, 0) is 4.74 Å². The summed E-state index contributed by atoms with van der Waals surface area (Å²) in [6.07, 6.45) is 3.13. The Morgan fingerprint density at radius 1 is 1.15 bits per heavy atom. The van der Waals surface area contributed by atoms with Crippen LogP contribution in [0.3, 0.4) is 0 Å². The Kier molecular flexibility index (Phi) is 6.70. The van der Waals surface area contributed by atoms with Crippen molar-refractivity contribution in [3.8, 4) is 11.1 Å². The molecule has 0 saturated carbocycles. The first-order valence-electron chi connectivity index (χ1n) is 10.5. The third-order valence-corrected chi connectivity index (χ3v) is 6.44. The minimum absolute atomic E-state index is 0.215. The molecule has 1 unspecified atom stereocenters. The number of anilines is 1. The molecule has 2 N–H and O–H groups in total. The van der Waals surface area contributed by atoms with Crippen LogP contribution in [0.25, 0.3) is 11.1 Å². The van der Waals surface area contributed by atoms with E-state index in [9.17, 15) is 9.59 Å². The third-order valence-electron chi connectivity index (χ3n) is 5.79. The normalized spacial score (nSPS) is 15.5. The van der Waals surface area contributed by atoms with Crippen LogP contribution < -0.4 is 10.6 Å². The van der Waals surface area contributed by atoms with E-state index >= 15 is 0 Å². The highest BCUT2D eigenvalue weighted by atomic mass is 35.5. The number of rotatable bonds is 5. The number of halogens is 2. The smallest absolute Gasteiger partial charge is 0.260 e. The molecule has 0 radical (unpaired) electrons. The lowest BCUT2D eigenvalue weighted by atomic mass is 9.99. The molecule has 170 valence electrons. The molecule has 0 bridgehead atoms. The summed E-state index contributed by atoms with van der Waals surface area (Å²) < 4.78 is 5.93. The summed E-state index contributed by atoms with van der Waals surface area (Å²) in [7, 11) is 1.67. The number of aryl methyl sites for hydroxylation is 1. The SMILES string of the molecule is Cc1cccc(Cl)c1C(=O)N(C)c1ncc(-c2cc(C(N)=O)ccc2Cl)cc1C1CCCO1. The average molecular weight is 484 g/mol. The van der Waals surface area contributed by atoms with Gasteiger partial charge in [0.2, 0.25) is 5.91 Å². The number of hydrogen-bond acceptors (Lipinski definition) is 4. The van der Waals surface area contributed by atoms with Crippen molar-refractivity contribution in [1.82, 2.24) is 4.98 Å². The van der Waals surface area contributed by atoms with E-state index in [1.165, 1.54) is 4.90 Å². The lowest BCUT2D eigenvalue weighted by molar-refractivity contribution is 0.0983. The van der Waals surface area contributed by atoms with Gasteiger partial charge in [0, 0.05) is 47.1 Å². The van der Waals surface area contributed by atoms with E-state index in [1.807, 2.05) is 25.1 Å². The molecule has 0 aliphatic carbocycles. The van der Waals surface area contributed by atoms with E-state index in [4.69, 9.17) is 33.7 Å². The van der Waals surface area contributed by atoms with Crippen LogP contribution >= 0.6 is 23.2 Å². The van der Waals surface area contributed by atoms with E-state index in [2.05, 4.69) is 4.98 Å². The maximum atomic E-state index is 13.4. The van der Waals surface area contributed by atoms with Crippen molar-refractivity contribution < 1.29 is 14.3 Å². The summed E-state index contributed by atoms with van der Waals surface area (Å²) in [5, 5.41) is 0.848. The lowest BCUT2D eigenvalue weighted by Gasteiger charge is -2.24. The number of pyridine rings is 1. The summed E-state index contributed by atoms with van der Waals surface area (Å²) in [5.41, 5.74) is 9.10. The molecule has 2 aromatic carbocycles. The van der Waals surface area contributed by atoms with Crippen LogP contribution in [0.5, 0.6) is 0 Å². The molecule has 1 saturated heterocycles. The van der Waals surface area contributed by atoms with Crippen molar-refractivity contribution >= 4 is 40.8 Å². The summed E-state index contributed by atoms with van der Waals surface area (Å²) in [4.78, 5) is 31.2. The van der Waals surface area contributed by atoms with Gasteiger partial charge in [-0.15, -0.1) is 0 Å². The van der Waals surface area contributed by atoms with Gasteiger partial charge in [0.05, 0.1) is 16.7 Å². The van der Waals surface area contributed by atoms with Gasteiger partial charge in [0.15, 0.2) is 0 Å². The molecule has 4 rings (SSSR count). The molecule has 0 spiro atoms. The molecule has 1 atom stereocenters. The predicted octanol–water partition coefficient (Wildman–Crippen LogP) is 5.59. The van der Waals surface area contributed by atoms with Crippen molar-refractivity contribution in [2.24, 2.45) is 5.73 Å². The number of ether oxygens (including phenoxy) is 1. The molecule has 1 fully saturated rings. The number of amides is 2. The molecule has 2 heterocycles. The van der Waals surface area contributed by atoms with E-state index in [0.717, 1.165) is 24.0 Å². The summed E-state index contributed by atoms with van der Waals surface area (Å²) in [6.45, 7) is 2.48.